The van der Waals surface area contributed by atoms with Crippen molar-refractivity contribution in [2.24, 2.45) is 0 Å². The number of nitrogens with one attached hydrogen (secondary N) is 1. The lowest BCUT2D eigenvalue weighted by atomic mass is 10.1. The molecule has 6 rings (SSSR count). The van der Waals surface area contributed by atoms with E-state index in [1.54, 1.807) is 30.5 Å². The van der Waals surface area contributed by atoms with E-state index >= 15 is 0 Å². The first-order chi connectivity index (χ1) is 17.4. The molecule has 4 aromatic heterocycles. The molecule has 0 bridgehead atoms. The summed E-state index contributed by atoms with van der Waals surface area (Å²) in [6.07, 6.45) is 5.10. The largest absolute Gasteiger partial charge is 0.339 e. The van der Waals surface area contributed by atoms with Crippen molar-refractivity contribution in [2.45, 2.75) is 32.0 Å². The molecule has 1 saturated carbocycles. The lowest BCUT2D eigenvalue weighted by Gasteiger charge is -2.09. The van der Waals surface area contributed by atoms with Gasteiger partial charge in [0.25, 0.3) is 5.91 Å². The van der Waals surface area contributed by atoms with Crippen LogP contribution in [0.25, 0.3) is 28.0 Å². The molecule has 12 heteroatoms. The van der Waals surface area contributed by atoms with Gasteiger partial charge in [-0.05, 0) is 31.0 Å². The SMILES string of the molecule is Cc1ccc(-c2noc([C@H]3C[C@@H]3F)n2)cc1NC(=O)c1cnn2cc(-c3cnn(C(F)F)c3)ccc12. The van der Waals surface area contributed by atoms with E-state index in [2.05, 4.69) is 25.7 Å². The average molecular weight is 493 g/mol. The molecular weight excluding hydrogens is 475 g/mol. The Morgan fingerprint density at radius 1 is 1.11 bits per heavy atom. The number of aromatic nitrogens is 6. The Hall–Kier alpha value is -4.48. The van der Waals surface area contributed by atoms with Crippen molar-refractivity contribution in [1.29, 1.82) is 0 Å². The van der Waals surface area contributed by atoms with Gasteiger partial charge in [0.1, 0.15) is 6.17 Å². The fraction of sp³-hybridized carbons (Fsp3) is 0.208. The first-order valence-corrected chi connectivity index (χ1v) is 11.1. The van der Waals surface area contributed by atoms with Gasteiger partial charge in [-0.25, -0.2) is 13.6 Å². The molecule has 4 heterocycles. The van der Waals surface area contributed by atoms with Gasteiger partial charge in [0, 0.05) is 34.8 Å². The highest BCUT2D eigenvalue weighted by atomic mass is 19.3. The van der Waals surface area contributed by atoms with Crippen LogP contribution in [-0.4, -0.2) is 41.6 Å². The number of carbonyl (C=O) groups excluding carboxylic acids is 1. The quantitative estimate of drug-likeness (QED) is 0.356. The number of halogens is 3. The molecule has 0 saturated heterocycles. The van der Waals surface area contributed by atoms with E-state index in [1.165, 1.54) is 23.1 Å². The Labute approximate surface area is 201 Å². The second-order valence-corrected chi connectivity index (χ2v) is 8.59. The van der Waals surface area contributed by atoms with E-state index in [1.807, 2.05) is 13.0 Å². The fourth-order valence-corrected chi connectivity index (χ4v) is 3.93. The van der Waals surface area contributed by atoms with Crippen molar-refractivity contribution < 1.29 is 22.5 Å². The van der Waals surface area contributed by atoms with Gasteiger partial charge in [0.2, 0.25) is 11.7 Å². The first-order valence-electron chi connectivity index (χ1n) is 11.1. The molecule has 0 spiro atoms. The highest BCUT2D eigenvalue weighted by Gasteiger charge is 2.43. The normalized spacial score (nSPS) is 17.1. The van der Waals surface area contributed by atoms with Crippen LogP contribution in [-0.2, 0) is 0 Å². The summed E-state index contributed by atoms with van der Waals surface area (Å²) >= 11 is 0. The first kappa shape index (κ1) is 22.0. The van der Waals surface area contributed by atoms with E-state index in [0.717, 1.165) is 5.56 Å². The van der Waals surface area contributed by atoms with Crippen LogP contribution in [0.1, 0.15) is 40.7 Å². The van der Waals surface area contributed by atoms with Gasteiger partial charge in [-0.15, -0.1) is 0 Å². The van der Waals surface area contributed by atoms with E-state index in [9.17, 15) is 18.0 Å². The zero-order valence-electron chi connectivity index (χ0n) is 18.8. The van der Waals surface area contributed by atoms with Gasteiger partial charge in [-0.1, -0.05) is 23.4 Å². The molecule has 36 heavy (non-hydrogen) atoms. The van der Waals surface area contributed by atoms with Crippen LogP contribution in [0.15, 0.2) is 59.6 Å². The number of pyridine rings is 1. The summed E-state index contributed by atoms with van der Waals surface area (Å²) in [5, 5.41) is 14.7. The summed E-state index contributed by atoms with van der Waals surface area (Å²) < 4.78 is 46.2. The average Bonchev–Trinajstić information content (AvgIpc) is 3.32. The van der Waals surface area contributed by atoms with E-state index in [4.69, 9.17) is 4.52 Å². The third kappa shape index (κ3) is 3.89. The molecule has 2 atom stereocenters. The molecule has 5 aromatic rings. The number of amides is 1. The molecule has 1 aliphatic rings. The maximum Gasteiger partial charge on any atom is 0.333 e. The number of nitrogens with zero attached hydrogens (tertiary/aromatic N) is 6. The van der Waals surface area contributed by atoms with Crippen molar-refractivity contribution in [3.05, 3.63) is 72.1 Å². The Kier molecular flexibility index (Phi) is 5.09. The van der Waals surface area contributed by atoms with Crippen molar-refractivity contribution >= 4 is 17.1 Å². The summed E-state index contributed by atoms with van der Waals surface area (Å²) in [6, 6.07) is 8.75. The van der Waals surface area contributed by atoms with Crippen molar-refractivity contribution in [1.82, 2.24) is 29.5 Å². The van der Waals surface area contributed by atoms with Crippen LogP contribution in [0, 0.1) is 6.92 Å². The second-order valence-electron chi connectivity index (χ2n) is 8.59. The van der Waals surface area contributed by atoms with Crippen LogP contribution in [0.4, 0.5) is 18.9 Å². The minimum atomic E-state index is -2.73. The predicted molar refractivity (Wildman–Crippen MR) is 122 cm³/mol. The third-order valence-electron chi connectivity index (χ3n) is 6.11. The minimum Gasteiger partial charge on any atom is -0.339 e. The highest BCUT2D eigenvalue weighted by molar-refractivity contribution is 6.09. The Balaban J connectivity index is 1.24. The minimum absolute atomic E-state index is 0.274. The fourth-order valence-electron chi connectivity index (χ4n) is 3.93. The number of hydrogen-bond acceptors (Lipinski definition) is 6. The molecule has 0 aliphatic heterocycles. The van der Waals surface area contributed by atoms with Gasteiger partial charge in [-0.2, -0.15) is 24.0 Å². The zero-order chi connectivity index (χ0) is 25.0. The number of hydrogen-bond donors (Lipinski definition) is 1. The summed E-state index contributed by atoms with van der Waals surface area (Å²) in [4.78, 5) is 17.4. The number of fused-ring (bicyclic) bond motifs is 1. The zero-order valence-corrected chi connectivity index (χ0v) is 18.8. The van der Waals surface area contributed by atoms with Gasteiger partial charge in [0.05, 0.1) is 29.4 Å². The summed E-state index contributed by atoms with van der Waals surface area (Å²) in [5.74, 6) is -0.128. The van der Waals surface area contributed by atoms with E-state index in [0.29, 0.717) is 50.4 Å². The highest BCUT2D eigenvalue weighted by Crippen LogP contribution is 2.43. The number of carbonyl (C=O) groups is 1. The third-order valence-corrected chi connectivity index (χ3v) is 6.11. The lowest BCUT2D eigenvalue weighted by Crippen LogP contribution is -2.12. The molecule has 1 aromatic carbocycles. The Morgan fingerprint density at radius 3 is 2.67 bits per heavy atom. The van der Waals surface area contributed by atoms with Crippen molar-refractivity contribution in [3.63, 3.8) is 0 Å². The second kappa shape index (κ2) is 8.33. The van der Waals surface area contributed by atoms with Gasteiger partial charge in [0.15, 0.2) is 0 Å². The number of alkyl halides is 3. The number of rotatable bonds is 6. The number of aryl methyl sites for hydroxylation is 1. The van der Waals surface area contributed by atoms with Crippen LogP contribution < -0.4 is 5.32 Å². The molecule has 9 nitrogen and oxygen atoms in total. The smallest absolute Gasteiger partial charge is 0.333 e. The molecule has 182 valence electrons. The van der Waals surface area contributed by atoms with Crippen LogP contribution in [0.3, 0.4) is 0 Å². The van der Waals surface area contributed by atoms with Crippen LogP contribution in [0.5, 0.6) is 0 Å². The lowest BCUT2D eigenvalue weighted by molar-refractivity contribution is 0.0566. The van der Waals surface area contributed by atoms with E-state index in [-0.39, 0.29) is 17.7 Å². The number of benzene rings is 1. The Morgan fingerprint density at radius 2 is 1.92 bits per heavy atom. The molecular formula is C24H18F3N7O2. The molecule has 1 N–H and O–H groups in total. The number of anilines is 1. The summed E-state index contributed by atoms with van der Waals surface area (Å²) in [5.41, 5.74) is 3.98. The van der Waals surface area contributed by atoms with E-state index < -0.39 is 12.7 Å². The maximum atomic E-state index is 13.3. The van der Waals surface area contributed by atoms with Gasteiger partial charge in [-0.3, -0.25) is 4.79 Å². The van der Waals surface area contributed by atoms with Gasteiger partial charge >= 0.3 is 6.55 Å². The topological polar surface area (TPSA) is 103 Å². The molecule has 0 unspecified atom stereocenters. The van der Waals surface area contributed by atoms with Gasteiger partial charge < -0.3 is 9.84 Å². The van der Waals surface area contributed by atoms with Crippen LogP contribution >= 0.6 is 0 Å². The monoisotopic (exact) mass is 493 g/mol. The summed E-state index contributed by atoms with van der Waals surface area (Å²) in [7, 11) is 0. The molecule has 1 fully saturated rings. The molecule has 0 radical (unpaired) electrons. The van der Waals surface area contributed by atoms with Crippen LogP contribution in [0.2, 0.25) is 0 Å². The van der Waals surface area contributed by atoms with Crippen molar-refractivity contribution in [3.8, 4) is 22.5 Å². The predicted octanol–water partition coefficient (Wildman–Crippen LogP) is 5.03. The maximum absolute atomic E-state index is 13.3. The van der Waals surface area contributed by atoms with Crippen molar-refractivity contribution in [2.75, 3.05) is 5.32 Å². The Bertz CT molecular complexity index is 1610. The molecule has 1 aliphatic carbocycles. The standard InChI is InChI=1S/C24H18F3N7O2/c1-12-2-3-13(21-31-23(36-32-21)16-7-18(16)25)6-19(12)30-22(35)17-9-29-33-10-14(4-5-20(17)33)15-8-28-34(11-15)24(26)27/h2-6,8-11,16,18,24H,7H2,1H3,(H,30,35)/t16-,18-/m0/s1. The molecule has 1 amide bonds. The summed E-state index contributed by atoms with van der Waals surface area (Å²) in [6.45, 7) is -0.881.